The Kier molecular flexibility index (Phi) is 7.02. The minimum atomic E-state index is -0.151. The maximum Gasteiger partial charge on any atom is 0.251 e. The van der Waals surface area contributed by atoms with Gasteiger partial charge in [-0.15, -0.1) is 0 Å². The minimum absolute atomic E-state index is 0.118. The number of carbonyl (C=O) groups is 2. The number of hydrogen-bond acceptors (Lipinski definition) is 6. The normalized spacial score (nSPS) is 17.6. The number of nitrogens with zero attached hydrogens (tertiary/aromatic N) is 3. The molecule has 8 heteroatoms. The molecule has 1 fully saturated rings. The standard InChI is InChI=1S/C24H32N6O2/c1-17(31)30-10-7-22(8-11-30)28-23-12-18(6-9-26-23)24(32)27-13-21(25)16-29-14-19-4-2-3-5-20(19)15-29/h2-6,9,12,21-22H,7-8,10-11,13-16,25H2,1H3,(H,26,28)(H,27,32)/t21-/m0/s1. The van der Waals surface area contributed by atoms with E-state index in [1.807, 2.05) is 4.90 Å². The number of anilines is 1. The second-order valence-corrected chi connectivity index (χ2v) is 8.76. The largest absolute Gasteiger partial charge is 0.367 e. The highest BCUT2D eigenvalue weighted by atomic mass is 16.2. The van der Waals surface area contributed by atoms with Gasteiger partial charge in [0.15, 0.2) is 0 Å². The van der Waals surface area contributed by atoms with Crippen LogP contribution < -0.4 is 16.4 Å². The number of rotatable bonds is 7. The number of hydrogen-bond donors (Lipinski definition) is 3. The molecule has 3 heterocycles. The summed E-state index contributed by atoms with van der Waals surface area (Å²) in [6.07, 6.45) is 3.38. The summed E-state index contributed by atoms with van der Waals surface area (Å²) in [4.78, 5) is 32.6. The first-order valence-corrected chi connectivity index (χ1v) is 11.3. The smallest absolute Gasteiger partial charge is 0.251 e. The molecule has 1 aromatic carbocycles. The molecule has 1 aromatic heterocycles. The molecule has 0 saturated carbocycles. The van der Waals surface area contributed by atoms with Crippen LogP contribution in [0.25, 0.3) is 0 Å². The summed E-state index contributed by atoms with van der Waals surface area (Å²) in [6.45, 7) is 6.05. The molecular formula is C24H32N6O2. The van der Waals surface area contributed by atoms with E-state index >= 15 is 0 Å². The summed E-state index contributed by atoms with van der Waals surface area (Å²) < 4.78 is 0. The molecule has 0 spiro atoms. The Labute approximate surface area is 189 Å². The van der Waals surface area contributed by atoms with Crippen LogP contribution in [0, 0.1) is 0 Å². The van der Waals surface area contributed by atoms with Gasteiger partial charge in [0, 0.05) is 70.0 Å². The first kappa shape index (κ1) is 22.2. The van der Waals surface area contributed by atoms with Crippen molar-refractivity contribution in [2.75, 3.05) is 31.5 Å². The molecule has 4 N–H and O–H groups in total. The summed E-state index contributed by atoms with van der Waals surface area (Å²) in [5.41, 5.74) is 9.56. The fourth-order valence-electron chi connectivity index (χ4n) is 4.45. The van der Waals surface area contributed by atoms with Crippen LogP contribution in [-0.4, -0.2) is 64.9 Å². The number of amides is 2. The molecule has 2 aliphatic heterocycles. The third-order valence-electron chi connectivity index (χ3n) is 6.24. The van der Waals surface area contributed by atoms with Crippen molar-refractivity contribution in [1.29, 1.82) is 0 Å². The van der Waals surface area contributed by atoms with Crippen LogP contribution in [0.15, 0.2) is 42.6 Å². The van der Waals surface area contributed by atoms with Gasteiger partial charge in [-0.1, -0.05) is 24.3 Å². The van der Waals surface area contributed by atoms with E-state index in [2.05, 4.69) is 44.8 Å². The van der Waals surface area contributed by atoms with Crippen LogP contribution >= 0.6 is 0 Å². The predicted octanol–water partition coefficient (Wildman–Crippen LogP) is 1.58. The van der Waals surface area contributed by atoms with Crippen molar-refractivity contribution in [3.8, 4) is 0 Å². The SMILES string of the molecule is CC(=O)N1CCC(Nc2cc(C(=O)NC[C@H](N)CN3Cc4ccccc4C3)ccn2)CC1. The number of nitrogens with one attached hydrogen (secondary N) is 2. The summed E-state index contributed by atoms with van der Waals surface area (Å²) in [5.74, 6) is 0.646. The van der Waals surface area contributed by atoms with E-state index in [-0.39, 0.29) is 23.9 Å². The summed E-state index contributed by atoms with van der Waals surface area (Å²) in [5, 5.41) is 6.35. The van der Waals surface area contributed by atoms with Crippen molar-refractivity contribution in [3.05, 3.63) is 59.3 Å². The van der Waals surface area contributed by atoms with Gasteiger partial charge in [0.2, 0.25) is 5.91 Å². The number of pyridine rings is 1. The van der Waals surface area contributed by atoms with Gasteiger partial charge < -0.3 is 21.3 Å². The molecule has 2 aromatic rings. The number of fused-ring (bicyclic) bond motifs is 1. The maximum atomic E-state index is 12.6. The van der Waals surface area contributed by atoms with Crippen LogP contribution in [0.1, 0.15) is 41.3 Å². The van der Waals surface area contributed by atoms with E-state index in [9.17, 15) is 9.59 Å². The lowest BCUT2D eigenvalue weighted by Gasteiger charge is -2.32. The third-order valence-corrected chi connectivity index (χ3v) is 6.24. The number of carbonyl (C=O) groups excluding carboxylic acids is 2. The fraction of sp³-hybridized carbons (Fsp3) is 0.458. The lowest BCUT2D eigenvalue weighted by atomic mass is 10.0. The van der Waals surface area contributed by atoms with E-state index in [0.29, 0.717) is 17.9 Å². The quantitative estimate of drug-likeness (QED) is 0.609. The molecule has 1 saturated heterocycles. The van der Waals surface area contributed by atoms with Crippen molar-refractivity contribution < 1.29 is 9.59 Å². The number of likely N-dealkylation sites (tertiary alicyclic amines) is 1. The molecule has 170 valence electrons. The van der Waals surface area contributed by atoms with Gasteiger partial charge in [0.1, 0.15) is 5.82 Å². The van der Waals surface area contributed by atoms with Gasteiger partial charge in [0.25, 0.3) is 5.91 Å². The lowest BCUT2D eigenvalue weighted by Crippen LogP contribution is -2.43. The first-order chi connectivity index (χ1) is 15.5. The minimum Gasteiger partial charge on any atom is -0.367 e. The molecular weight excluding hydrogens is 404 g/mol. The summed E-state index contributed by atoms with van der Waals surface area (Å²) in [6, 6.07) is 12.0. The number of piperidine rings is 1. The Morgan fingerprint density at radius 2 is 1.84 bits per heavy atom. The van der Waals surface area contributed by atoms with E-state index < -0.39 is 0 Å². The van der Waals surface area contributed by atoms with Crippen molar-refractivity contribution in [2.45, 2.75) is 44.9 Å². The molecule has 4 rings (SSSR count). The topological polar surface area (TPSA) is 104 Å². The van der Waals surface area contributed by atoms with Crippen molar-refractivity contribution >= 4 is 17.6 Å². The Morgan fingerprint density at radius 3 is 2.50 bits per heavy atom. The van der Waals surface area contributed by atoms with Crippen LogP contribution in [0.3, 0.4) is 0 Å². The van der Waals surface area contributed by atoms with Crippen LogP contribution in [-0.2, 0) is 17.9 Å². The average molecular weight is 437 g/mol. The second kappa shape index (κ2) is 10.1. The van der Waals surface area contributed by atoms with Crippen molar-refractivity contribution in [1.82, 2.24) is 20.1 Å². The van der Waals surface area contributed by atoms with Gasteiger partial charge in [0.05, 0.1) is 0 Å². The van der Waals surface area contributed by atoms with Crippen molar-refractivity contribution in [3.63, 3.8) is 0 Å². The number of aromatic nitrogens is 1. The fourth-order valence-corrected chi connectivity index (χ4v) is 4.45. The first-order valence-electron chi connectivity index (χ1n) is 11.3. The van der Waals surface area contributed by atoms with Crippen LogP contribution in [0.4, 0.5) is 5.82 Å². The van der Waals surface area contributed by atoms with Crippen molar-refractivity contribution in [2.24, 2.45) is 5.73 Å². The zero-order chi connectivity index (χ0) is 22.5. The molecule has 0 aliphatic carbocycles. The average Bonchev–Trinajstić information content (AvgIpc) is 3.20. The van der Waals surface area contributed by atoms with Gasteiger partial charge in [-0.2, -0.15) is 0 Å². The molecule has 8 nitrogen and oxygen atoms in total. The highest BCUT2D eigenvalue weighted by Gasteiger charge is 2.22. The molecule has 1 atom stereocenters. The van der Waals surface area contributed by atoms with Gasteiger partial charge >= 0.3 is 0 Å². The van der Waals surface area contributed by atoms with Gasteiger partial charge in [-0.3, -0.25) is 14.5 Å². The van der Waals surface area contributed by atoms with Crippen LogP contribution in [0.5, 0.6) is 0 Å². The highest BCUT2D eigenvalue weighted by molar-refractivity contribution is 5.94. The molecule has 2 amide bonds. The summed E-state index contributed by atoms with van der Waals surface area (Å²) >= 11 is 0. The molecule has 0 radical (unpaired) electrons. The zero-order valence-corrected chi connectivity index (χ0v) is 18.6. The second-order valence-electron chi connectivity index (χ2n) is 8.76. The molecule has 2 aliphatic rings. The van der Waals surface area contributed by atoms with E-state index in [1.54, 1.807) is 25.3 Å². The Bertz CT molecular complexity index is 932. The summed E-state index contributed by atoms with van der Waals surface area (Å²) in [7, 11) is 0. The molecule has 0 unspecified atom stereocenters. The van der Waals surface area contributed by atoms with Gasteiger partial charge in [-0.25, -0.2) is 4.98 Å². The lowest BCUT2D eigenvalue weighted by molar-refractivity contribution is -0.129. The van der Waals surface area contributed by atoms with E-state index in [1.165, 1.54) is 11.1 Å². The van der Waals surface area contributed by atoms with E-state index in [0.717, 1.165) is 45.6 Å². The zero-order valence-electron chi connectivity index (χ0n) is 18.6. The maximum absolute atomic E-state index is 12.6. The van der Waals surface area contributed by atoms with Crippen LogP contribution in [0.2, 0.25) is 0 Å². The van der Waals surface area contributed by atoms with E-state index in [4.69, 9.17) is 5.73 Å². The molecule has 0 bridgehead atoms. The highest BCUT2D eigenvalue weighted by Crippen LogP contribution is 2.22. The predicted molar refractivity (Wildman–Crippen MR) is 124 cm³/mol. The third kappa shape index (κ3) is 5.63. The Balaban J connectivity index is 1.23. The van der Waals surface area contributed by atoms with Gasteiger partial charge in [-0.05, 0) is 36.1 Å². The Hall–Kier alpha value is -2.97. The number of benzene rings is 1. The molecule has 32 heavy (non-hydrogen) atoms. The monoisotopic (exact) mass is 436 g/mol. The Morgan fingerprint density at radius 1 is 1.16 bits per heavy atom. The number of nitrogens with two attached hydrogens (primary N) is 1.